The molecule has 2 aromatic heterocycles. The number of aromatic nitrogens is 3. The molecule has 31 heavy (non-hydrogen) atoms. The molecule has 1 saturated heterocycles. The monoisotopic (exact) mass is 481 g/mol. The van der Waals surface area contributed by atoms with Crippen molar-refractivity contribution in [2.75, 3.05) is 17.5 Å². The molecule has 0 saturated carbocycles. The molecule has 1 aliphatic rings. The Kier molecular flexibility index (Phi) is 5.85. The highest BCUT2D eigenvalue weighted by Crippen LogP contribution is 2.34. The van der Waals surface area contributed by atoms with Crippen LogP contribution < -0.4 is 4.72 Å². The number of nitrogens with zero attached hydrogens (tertiary/aromatic N) is 4. The minimum absolute atomic E-state index is 0.195. The molecule has 1 N–H and O–H groups in total. The van der Waals surface area contributed by atoms with E-state index in [9.17, 15) is 13.2 Å². The number of fused-ring (bicyclic) bond motifs is 1. The maximum Gasteiger partial charge on any atom is 0.256 e. The minimum atomic E-state index is -3.57. The van der Waals surface area contributed by atoms with Gasteiger partial charge in [-0.15, -0.1) is 0 Å². The van der Waals surface area contributed by atoms with Gasteiger partial charge in [-0.1, -0.05) is 23.2 Å². The maximum absolute atomic E-state index is 13.5. The van der Waals surface area contributed by atoms with Crippen LogP contribution in [0.3, 0.4) is 0 Å². The number of piperidine rings is 1. The van der Waals surface area contributed by atoms with Gasteiger partial charge in [0.05, 0.1) is 29.2 Å². The summed E-state index contributed by atoms with van der Waals surface area (Å²) in [6.45, 7) is 2.37. The van der Waals surface area contributed by atoms with Gasteiger partial charge in [-0.25, -0.2) is 17.9 Å². The third-order valence-electron chi connectivity index (χ3n) is 5.20. The third kappa shape index (κ3) is 4.63. The van der Waals surface area contributed by atoms with E-state index in [0.29, 0.717) is 28.1 Å². The summed E-state index contributed by atoms with van der Waals surface area (Å²) >= 11 is 12.3. The zero-order valence-electron chi connectivity index (χ0n) is 17.0. The molecule has 1 amide bonds. The molecule has 1 atom stereocenters. The predicted molar refractivity (Wildman–Crippen MR) is 120 cm³/mol. The molecule has 1 aromatic carbocycles. The number of hydrogen-bond donors (Lipinski definition) is 1. The summed E-state index contributed by atoms with van der Waals surface area (Å²) in [7, 11) is -3.57. The minimum Gasteiger partial charge on any atom is -0.330 e. The van der Waals surface area contributed by atoms with Crippen molar-refractivity contribution in [2.24, 2.45) is 0 Å². The first-order valence-corrected chi connectivity index (χ1v) is 12.4. The average Bonchev–Trinajstić information content (AvgIpc) is 3.10. The van der Waals surface area contributed by atoms with Crippen LogP contribution in [-0.2, 0) is 10.0 Å². The summed E-state index contributed by atoms with van der Waals surface area (Å²) in [5, 5.41) is 5.38. The zero-order chi connectivity index (χ0) is 22.3. The Bertz CT molecular complexity index is 1240. The molecule has 4 rings (SSSR count). The van der Waals surface area contributed by atoms with Gasteiger partial charge in [-0.2, -0.15) is 5.10 Å². The van der Waals surface area contributed by atoms with Crippen LogP contribution in [0.2, 0.25) is 10.2 Å². The Morgan fingerprint density at radius 1 is 1.23 bits per heavy atom. The Morgan fingerprint density at radius 3 is 2.74 bits per heavy atom. The highest BCUT2D eigenvalue weighted by molar-refractivity contribution is 7.92. The van der Waals surface area contributed by atoms with Crippen LogP contribution in [-0.4, -0.2) is 46.6 Å². The number of rotatable bonds is 4. The number of halogens is 2. The number of carbonyl (C=O) groups excluding carboxylic acids is 1. The second kappa shape index (κ2) is 8.29. The second-order valence-electron chi connectivity index (χ2n) is 7.66. The van der Waals surface area contributed by atoms with E-state index in [1.54, 1.807) is 21.7 Å². The first-order valence-electron chi connectivity index (χ1n) is 9.73. The number of benzene rings is 1. The van der Waals surface area contributed by atoms with Crippen LogP contribution in [0.4, 0.5) is 5.69 Å². The van der Waals surface area contributed by atoms with E-state index >= 15 is 0 Å². The van der Waals surface area contributed by atoms with Crippen molar-refractivity contribution in [3.63, 3.8) is 0 Å². The molecule has 3 heterocycles. The normalized spacial score (nSPS) is 17.2. The Balaban J connectivity index is 1.73. The molecule has 3 aromatic rings. The average molecular weight is 482 g/mol. The number of nitrogens with one attached hydrogen (secondary N) is 1. The van der Waals surface area contributed by atoms with Crippen molar-refractivity contribution in [2.45, 2.75) is 32.2 Å². The van der Waals surface area contributed by atoms with Gasteiger partial charge in [0.25, 0.3) is 5.91 Å². The van der Waals surface area contributed by atoms with Gasteiger partial charge in [0.1, 0.15) is 5.15 Å². The Labute approximate surface area is 190 Å². The lowest BCUT2D eigenvalue weighted by Crippen LogP contribution is -2.39. The van der Waals surface area contributed by atoms with E-state index in [2.05, 4.69) is 14.8 Å². The highest BCUT2D eigenvalue weighted by Gasteiger charge is 2.32. The summed E-state index contributed by atoms with van der Waals surface area (Å²) in [6, 6.07) is 6.08. The standard InChI is InChI=1S/C20H21Cl2N5O3S/c1-12-11-27-18(23-19(12)22)10-16(24-27)17-5-3-4-8-26(17)20(28)14-9-13(21)6-7-15(14)25-31(2,29)30/h6-7,9-11,17,25H,3-5,8H2,1-2H3. The summed E-state index contributed by atoms with van der Waals surface area (Å²) in [6.07, 6.45) is 5.36. The molecule has 0 aliphatic carbocycles. The molecule has 1 unspecified atom stereocenters. The topological polar surface area (TPSA) is 96.7 Å². The molecule has 1 fully saturated rings. The molecule has 0 radical (unpaired) electrons. The van der Waals surface area contributed by atoms with Crippen LogP contribution in [0.5, 0.6) is 0 Å². The van der Waals surface area contributed by atoms with Crippen LogP contribution in [0.15, 0.2) is 30.5 Å². The lowest BCUT2D eigenvalue weighted by Gasteiger charge is -2.35. The fourth-order valence-electron chi connectivity index (χ4n) is 3.79. The quantitative estimate of drug-likeness (QED) is 0.566. The van der Waals surface area contributed by atoms with E-state index < -0.39 is 10.0 Å². The largest absolute Gasteiger partial charge is 0.330 e. The van der Waals surface area contributed by atoms with Gasteiger partial charge < -0.3 is 4.90 Å². The first-order chi connectivity index (χ1) is 14.6. The van der Waals surface area contributed by atoms with Crippen LogP contribution in [0.1, 0.15) is 46.9 Å². The van der Waals surface area contributed by atoms with Crippen molar-refractivity contribution >= 4 is 50.5 Å². The smallest absolute Gasteiger partial charge is 0.256 e. The van der Waals surface area contributed by atoms with Crippen LogP contribution in [0.25, 0.3) is 5.65 Å². The lowest BCUT2D eigenvalue weighted by molar-refractivity contribution is 0.0607. The SMILES string of the molecule is Cc1cn2nc(C3CCCCN3C(=O)c3cc(Cl)ccc3NS(C)(=O)=O)cc2nc1Cl. The number of likely N-dealkylation sites (tertiary alicyclic amines) is 1. The Hall–Kier alpha value is -2.36. The molecular formula is C20H21Cl2N5O3S. The fraction of sp³-hybridized carbons (Fsp3) is 0.350. The summed E-state index contributed by atoms with van der Waals surface area (Å²) in [5.74, 6) is -0.308. The molecular weight excluding hydrogens is 461 g/mol. The van der Waals surface area contributed by atoms with Gasteiger partial charge in [-0.05, 0) is 44.4 Å². The predicted octanol–water partition coefficient (Wildman–Crippen LogP) is 4.08. The molecule has 0 spiro atoms. The number of carbonyl (C=O) groups is 1. The van der Waals surface area contributed by atoms with Crippen LogP contribution in [0, 0.1) is 6.92 Å². The van der Waals surface area contributed by atoms with Gasteiger partial charge >= 0.3 is 0 Å². The molecule has 11 heteroatoms. The Morgan fingerprint density at radius 2 is 2.00 bits per heavy atom. The fourth-order valence-corrected chi connectivity index (χ4v) is 4.67. The lowest BCUT2D eigenvalue weighted by atomic mass is 9.98. The van der Waals surface area contributed by atoms with Gasteiger partial charge in [0, 0.05) is 29.4 Å². The van der Waals surface area contributed by atoms with Gasteiger partial charge in [0.15, 0.2) is 5.65 Å². The van der Waals surface area contributed by atoms with Crippen molar-refractivity contribution in [3.8, 4) is 0 Å². The third-order valence-corrected chi connectivity index (χ3v) is 6.41. The first kappa shape index (κ1) is 21.9. The van der Waals surface area contributed by atoms with Gasteiger partial charge in [-0.3, -0.25) is 9.52 Å². The van der Waals surface area contributed by atoms with Crippen molar-refractivity contribution in [1.82, 2.24) is 19.5 Å². The summed E-state index contributed by atoms with van der Waals surface area (Å²) in [5.41, 5.74) is 2.51. The second-order valence-corrected chi connectivity index (χ2v) is 10.2. The number of amides is 1. The van der Waals surface area contributed by atoms with E-state index in [-0.39, 0.29) is 23.2 Å². The van der Waals surface area contributed by atoms with Gasteiger partial charge in [0.2, 0.25) is 10.0 Å². The van der Waals surface area contributed by atoms with E-state index in [1.807, 2.05) is 13.0 Å². The number of anilines is 1. The maximum atomic E-state index is 13.5. The van der Waals surface area contributed by atoms with Crippen molar-refractivity contribution in [3.05, 3.63) is 57.5 Å². The summed E-state index contributed by atoms with van der Waals surface area (Å²) < 4.78 is 27.6. The zero-order valence-corrected chi connectivity index (χ0v) is 19.3. The molecule has 0 bridgehead atoms. The number of sulfonamides is 1. The molecule has 1 aliphatic heterocycles. The molecule has 164 valence electrons. The van der Waals surface area contributed by atoms with E-state index in [1.165, 1.54) is 12.1 Å². The number of aryl methyl sites for hydroxylation is 1. The van der Waals surface area contributed by atoms with Crippen molar-refractivity contribution < 1.29 is 13.2 Å². The van der Waals surface area contributed by atoms with E-state index in [4.69, 9.17) is 23.2 Å². The highest BCUT2D eigenvalue weighted by atomic mass is 35.5. The van der Waals surface area contributed by atoms with Crippen LogP contribution >= 0.6 is 23.2 Å². The molecule has 8 nitrogen and oxygen atoms in total. The van der Waals surface area contributed by atoms with E-state index in [0.717, 1.165) is 31.1 Å². The summed E-state index contributed by atoms with van der Waals surface area (Å²) in [4.78, 5) is 19.6. The van der Waals surface area contributed by atoms with Crippen molar-refractivity contribution in [1.29, 1.82) is 0 Å². The number of hydrogen-bond acceptors (Lipinski definition) is 5.